The van der Waals surface area contributed by atoms with Gasteiger partial charge in [-0.05, 0) is 18.6 Å². The number of halogens is 1. The number of primary amides is 1. The highest BCUT2D eigenvalue weighted by molar-refractivity contribution is 5.89. The number of fused-ring (bicyclic) bond motifs is 1. The molecule has 0 saturated carbocycles. The van der Waals surface area contributed by atoms with Crippen molar-refractivity contribution in [3.8, 4) is 11.5 Å². The first-order chi connectivity index (χ1) is 13.6. The van der Waals surface area contributed by atoms with Gasteiger partial charge < -0.3 is 10.3 Å². The Balaban J connectivity index is 1.79. The van der Waals surface area contributed by atoms with Crippen molar-refractivity contribution in [1.29, 1.82) is 0 Å². The summed E-state index contributed by atoms with van der Waals surface area (Å²) >= 11 is 0. The van der Waals surface area contributed by atoms with Crippen molar-refractivity contribution in [3.63, 3.8) is 0 Å². The van der Waals surface area contributed by atoms with E-state index in [1.165, 1.54) is 29.2 Å². The molecule has 0 saturated heterocycles. The van der Waals surface area contributed by atoms with Gasteiger partial charge in [0.2, 0.25) is 5.82 Å². The maximum atomic E-state index is 14.2. The molecular formula is C18H17FN8O. The van der Waals surface area contributed by atoms with Gasteiger partial charge in [0.1, 0.15) is 12.0 Å². The Kier molecular flexibility index (Phi) is 4.52. The Labute approximate surface area is 159 Å². The minimum Gasteiger partial charge on any atom is -0.363 e. The topological polar surface area (TPSA) is 117 Å². The highest BCUT2D eigenvalue weighted by Gasteiger charge is 2.18. The van der Waals surface area contributed by atoms with E-state index in [1.807, 2.05) is 6.92 Å². The Bertz CT molecular complexity index is 1170. The molecule has 1 amide bonds. The molecule has 9 nitrogen and oxygen atoms in total. The molecule has 4 rings (SSSR count). The molecule has 0 aliphatic heterocycles. The third kappa shape index (κ3) is 3.08. The van der Waals surface area contributed by atoms with Crippen LogP contribution in [0.3, 0.4) is 0 Å². The third-order valence-corrected chi connectivity index (χ3v) is 4.30. The molecule has 142 valence electrons. The van der Waals surface area contributed by atoms with Crippen LogP contribution in [0.5, 0.6) is 0 Å². The van der Waals surface area contributed by atoms with E-state index < -0.39 is 11.7 Å². The number of rotatable bonds is 6. The number of nitrogens with two attached hydrogens (primary N) is 1. The zero-order valence-electron chi connectivity index (χ0n) is 15.1. The second-order valence-corrected chi connectivity index (χ2v) is 6.20. The van der Waals surface area contributed by atoms with E-state index in [0.717, 1.165) is 17.7 Å². The van der Waals surface area contributed by atoms with Crippen LogP contribution in [0.25, 0.3) is 17.2 Å². The van der Waals surface area contributed by atoms with Crippen molar-refractivity contribution >= 4 is 11.6 Å². The minimum atomic E-state index is -0.699. The van der Waals surface area contributed by atoms with E-state index in [4.69, 9.17) is 5.73 Å². The molecule has 0 unspecified atom stereocenters. The highest BCUT2D eigenvalue weighted by Crippen LogP contribution is 2.21. The summed E-state index contributed by atoms with van der Waals surface area (Å²) in [5.41, 5.74) is 7.58. The number of nitrogens with zero attached hydrogens (tertiary/aromatic N) is 7. The molecule has 4 heterocycles. The van der Waals surface area contributed by atoms with E-state index in [9.17, 15) is 9.18 Å². The van der Waals surface area contributed by atoms with Crippen LogP contribution in [0.1, 0.15) is 35.2 Å². The first-order valence-electron chi connectivity index (χ1n) is 8.73. The van der Waals surface area contributed by atoms with Gasteiger partial charge in [0.25, 0.3) is 5.91 Å². The first-order valence-corrected chi connectivity index (χ1v) is 8.73. The minimum absolute atomic E-state index is 0.0600. The van der Waals surface area contributed by atoms with Crippen molar-refractivity contribution < 1.29 is 9.18 Å². The zero-order valence-corrected chi connectivity index (χ0v) is 15.1. The normalized spacial score (nSPS) is 11.2. The van der Waals surface area contributed by atoms with Gasteiger partial charge in [0.15, 0.2) is 17.3 Å². The first kappa shape index (κ1) is 17.7. The number of hydrogen-bond acceptors (Lipinski definition) is 6. The van der Waals surface area contributed by atoms with E-state index >= 15 is 0 Å². The lowest BCUT2D eigenvalue weighted by Crippen LogP contribution is -2.12. The van der Waals surface area contributed by atoms with Gasteiger partial charge in [-0.2, -0.15) is 0 Å². The lowest BCUT2D eigenvalue weighted by Gasteiger charge is -2.11. The molecule has 0 aliphatic rings. The molecule has 28 heavy (non-hydrogen) atoms. The summed E-state index contributed by atoms with van der Waals surface area (Å²) in [6.45, 7) is 2.38. The Morgan fingerprint density at radius 3 is 2.86 bits per heavy atom. The summed E-state index contributed by atoms with van der Waals surface area (Å²) in [6.07, 6.45) is 7.87. The van der Waals surface area contributed by atoms with Crippen LogP contribution in [0.4, 0.5) is 4.39 Å². The number of pyridine rings is 1. The monoisotopic (exact) mass is 380 g/mol. The molecular weight excluding hydrogens is 363 g/mol. The SMILES string of the molecule is CCCc1c(Cn2ccnc2-c2ncccc2F)ncn2nc(C(N)=O)nc12. The third-order valence-electron chi connectivity index (χ3n) is 4.30. The van der Waals surface area contributed by atoms with E-state index in [1.54, 1.807) is 17.0 Å². The van der Waals surface area contributed by atoms with Gasteiger partial charge in [0, 0.05) is 24.2 Å². The molecule has 0 fully saturated rings. The van der Waals surface area contributed by atoms with Crippen molar-refractivity contribution in [1.82, 2.24) is 34.1 Å². The number of hydrogen-bond donors (Lipinski definition) is 1. The summed E-state index contributed by atoms with van der Waals surface area (Å²) in [6, 6.07) is 2.87. The molecule has 0 atom stereocenters. The molecule has 10 heteroatoms. The number of imidazole rings is 1. The van der Waals surface area contributed by atoms with E-state index in [-0.39, 0.29) is 11.5 Å². The number of amides is 1. The maximum Gasteiger partial charge on any atom is 0.288 e. The predicted octanol–water partition coefficient (Wildman–Crippen LogP) is 1.62. The fourth-order valence-corrected chi connectivity index (χ4v) is 3.05. The highest BCUT2D eigenvalue weighted by atomic mass is 19.1. The molecule has 0 spiro atoms. The predicted molar refractivity (Wildman–Crippen MR) is 97.8 cm³/mol. The van der Waals surface area contributed by atoms with Crippen LogP contribution in [0.15, 0.2) is 37.1 Å². The van der Waals surface area contributed by atoms with Gasteiger partial charge in [-0.25, -0.2) is 28.8 Å². The summed E-state index contributed by atoms with van der Waals surface area (Å²) < 4.78 is 17.4. The fourth-order valence-electron chi connectivity index (χ4n) is 3.05. The van der Waals surface area contributed by atoms with Crippen molar-refractivity contribution in [2.24, 2.45) is 5.73 Å². The van der Waals surface area contributed by atoms with Gasteiger partial charge in [-0.1, -0.05) is 13.3 Å². The van der Waals surface area contributed by atoms with Crippen LogP contribution in [-0.4, -0.2) is 40.0 Å². The summed E-state index contributed by atoms with van der Waals surface area (Å²) in [5, 5.41) is 4.06. The second-order valence-electron chi connectivity index (χ2n) is 6.20. The summed E-state index contributed by atoms with van der Waals surface area (Å²) in [7, 11) is 0. The van der Waals surface area contributed by atoms with Crippen LogP contribution < -0.4 is 5.73 Å². The lowest BCUT2D eigenvalue weighted by molar-refractivity contribution is 0.0990. The lowest BCUT2D eigenvalue weighted by atomic mass is 10.1. The second kappa shape index (κ2) is 7.14. The average molecular weight is 380 g/mol. The van der Waals surface area contributed by atoms with Gasteiger partial charge in [-0.15, -0.1) is 5.10 Å². The molecule has 0 aliphatic carbocycles. The van der Waals surface area contributed by atoms with E-state index in [2.05, 4.69) is 25.0 Å². The van der Waals surface area contributed by atoms with E-state index in [0.29, 0.717) is 24.4 Å². The molecule has 0 aromatic carbocycles. The molecule has 0 radical (unpaired) electrons. The van der Waals surface area contributed by atoms with Gasteiger partial charge in [0.05, 0.1) is 12.2 Å². The standard InChI is InChI=1S/C18H17FN8O/c1-2-4-11-13(23-10-27-17(11)24-16(25-27)15(20)28)9-26-8-7-22-18(26)14-12(19)5-3-6-21-14/h3,5-8,10H,2,4,9H2,1H3,(H2,20,28). The van der Waals surface area contributed by atoms with Crippen molar-refractivity contribution in [2.75, 3.05) is 0 Å². The largest absolute Gasteiger partial charge is 0.363 e. The Morgan fingerprint density at radius 2 is 2.11 bits per heavy atom. The number of carbonyl (C=O) groups is 1. The smallest absolute Gasteiger partial charge is 0.288 e. The van der Waals surface area contributed by atoms with Crippen LogP contribution >= 0.6 is 0 Å². The van der Waals surface area contributed by atoms with Crippen LogP contribution in [0, 0.1) is 5.82 Å². The summed E-state index contributed by atoms with van der Waals surface area (Å²) in [4.78, 5) is 28.5. The Morgan fingerprint density at radius 1 is 1.25 bits per heavy atom. The van der Waals surface area contributed by atoms with Crippen LogP contribution in [-0.2, 0) is 13.0 Å². The number of aromatic nitrogens is 7. The molecule has 4 aromatic rings. The fraction of sp³-hybridized carbons (Fsp3) is 0.222. The van der Waals surface area contributed by atoms with Crippen LogP contribution in [0.2, 0.25) is 0 Å². The molecule has 0 bridgehead atoms. The maximum absolute atomic E-state index is 14.2. The summed E-state index contributed by atoms with van der Waals surface area (Å²) in [5.74, 6) is -0.803. The Hall–Kier alpha value is -3.69. The number of aryl methyl sites for hydroxylation is 1. The molecule has 4 aromatic heterocycles. The quantitative estimate of drug-likeness (QED) is 0.543. The van der Waals surface area contributed by atoms with Crippen molar-refractivity contribution in [3.05, 3.63) is 59.9 Å². The van der Waals surface area contributed by atoms with Gasteiger partial charge >= 0.3 is 0 Å². The number of carbonyl (C=O) groups excluding carboxylic acids is 1. The van der Waals surface area contributed by atoms with Crippen molar-refractivity contribution in [2.45, 2.75) is 26.3 Å². The van der Waals surface area contributed by atoms with Gasteiger partial charge in [-0.3, -0.25) is 4.79 Å². The average Bonchev–Trinajstić information content (AvgIpc) is 3.31. The zero-order chi connectivity index (χ0) is 19.7. The molecule has 2 N–H and O–H groups in total.